The van der Waals surface area contributed by atoms with Crippen molar-refractivity contribution in [2.75, 3.05) is 11.0 Å². The lowest BCUT2D eigenvalue weighted by Gasteiger charge is -2.32. The van der Waals surface area contributed by atoms with Crippen molar-refractivity contribution in [3.8, 4) is 5.75 Å². The van der Waals surface area contributed by atoms with Gasteiger partial charge in [0.05, 0.1) is 17.5 Å². The molecule has 1 fully saturated rings. The molecule has 2 aromatic rings. The third-order valence-electron chi connectivity index (χ3n) is 5.06. The van der Waals surface area contributed by atoms with E-state index in [1.54, 1.807) is 18.2 Å². The zero-order valence-electron chi connectivity index (χ0n) is 16.9. The highest BCUT2D eigenvalue weighted by Gasteiger charge is 2.52. The fraction of sp³-hybridized carbons (Fsp3) is 0.400. The second-order valence-electron chi connectivity index (χ2n) is 7.99. The lowest BCUT2D eigenvalue weighted by Crippen LogP contribution is -2.41. The van der Waals surface area contributed by atoms with Crippen LogP contribution in [0.2, 0.25) is 0 Å². The lowest BCUT2D eigenvalue weighted by atomic mass is 9.78. The van der Waals surface area contributed by atoms with Crippen LogP contribution in [-0.2, 0) is 25.9 Å². The third kappa shape index (κ3) is 4.68. The summed E-state index contributed by atoms with van der Waals surface area (Å²) in [6.07, 6.45) is 1.11. The van der Waals surface area contributed by atoms with Crippen LogP contribution in [0, 0.1) is 0 Å². The molecule has 1 N–H and O–H groups in total. The van der Waals surface area contributed by atoms with Crippen molar-refractivity contribution in [3.63, 3.8) is 0 Å². The van der Waals surface area contributed by atoms with Crippen LogP contribution in [0.1, 0.15) is 33.3 Å². The van der Waals surface area contributed by atoms with E-state index in [0.29, 0.717) is 23.5 Å². The molecule has 0 saturated carbocycles. The van der Waals surface area contributed by atoms with E-state index in [2.05, 4.69) is 4.72 Å². The molecule has 1 saturated heterocycles. The first-order chi connectivity index (χ1) is 13.0. The van der Waals surface area contributed by atoms with Crippen LogP contribution in [-0.4, -0.2) is 33.0 Å². The Bertz CT molecular complexity index is 928. The second kappa shape index (κ2) is 7.42. The molecule has 0 radical (unpaired) electrons. The highest BCUT2D eigenvalue weighted by atomic mass is 32.2. The van der Waals surface area contributed by atoms with Gasteiger partial charge in [0.1, 0.15) is 12.4 Å². The van der Waals surface area contributed by atoms with Crippen molar-refractivity contribution in [1.82, 2.24) is 0 Å². The summed E-state index contributed by atoms with van der Waals surface area (Å²) in [5.41, 5.74) is 1.06. The van der Waals surface area contributed by atoms with Gasteiger partial charge in [-0.25, -0.2) is 8.42 Å². The summed E-state index contributed by atoms with van der Waals surface area (Å²) in [5.74, 6) is 0.585. The van der Waals surface area contributed by atoms with Gasteiger partial charge >= 0.3 is 7.12 Å². The molecular formula is C20H26BNO5S. The Hall–Kier alpha value is -2.03. The fourth-order valence-electron chi connectivity index (χ4n) is 2.85. The Morgan fingerprint density at radius 3 is 2.18 bits per heavy atom. The highest BCUT2D eigenvalue weighted by Crippen LogP contribution is 2.37. The van der Waals surface area contributed by atoms with Crippen LogP contribution < -0.4 is 14.9 Å². The monoisotopic (exact) mass is 403 g/mol. The average Bonchev–Trinajstić information content (AvgIpc) is 2.81. The first-order valence-corrected chi connectivity index (χ1v) is 11.0. The summed E-state index contributed by atoms with van der Waals surface area (Å²) in [4.78, 5) is 0. The summed E-state index contributed by atoms with van der Waals surface area (Å²) >= 11 is 0. The molecule has 28 heavy (non-hydrogen) atoms. The molecule has 0 unspecified atom stereocenters. The molecule has 0 amide bonds. The normalized spacial score (nSPS) is 18.1. The number of benzene rings is 2. The molecule has 0 atom stereocenters. The van der Waals surface area contributed by atoms with Crippen LogP contribution in [0.5, 0.6) is 5.75 Å². The minimum absolute atomic E-state index is 0.381. The topological polar surface area (TPSA) is 73.9 Å². The average molecular weight is 403 g/mol. The first-order valence-electron chi connectivity index (χ1n) is 9.11. The largest absolute Gasteiger partial charge is 0.498 e. The van der Waals surface area contributed by atoms with Gasteiger partial charge in [0, 0.05) is 11.2 Å². The highest BCUT2D eigenvalue weighted by molar-refractivity contribution is 7.92. The summed E-state index contributed by atoms with van der Waals surface area (Å²) in [6, 6.07) is 14.9. The first kappa shape index (κ1) is 20.7. The van der Waals surface area contributed by atoms with Gasteiger partial charge in [-0.2, -0.15) is 0 Å². The van der Waals surface area contributed by atoms with E-state index < -0.39 is 28.3 Å². The number of rotatable bonds is 6. The van der Waals surface area contributed by atoms with Crippen molar-refractivity contribution in [3.05, 3.63) is 54.1 Å². The van der Waals surface area contributed by atoms with Crippen molar-refractivity contribution >= 4 is 28.3 Å². The number of hydrogen-bond acceptors (Lipinski definition) is 5. The Morgan fingerprint density at radius 1 is 1.00 bits per heavy atom. The molecule has 8 heteroatoms. The predicted octanol–water partition coefficient (Wildman–Crippen LogP) is 2.94. The Labute approximate surface area is 167 Å². The fourth-order valence-corrected chi connectivity index (χ4v) is 3.40. The maximum Gasteiger partial charge on any atom is 0.498 e. The van der Waals surface area contributed by atoms with Gasteiger partial charge in [0.2, 0.25) is 10.0 Å². The Kier molecular flexibility index (Phi) is 5.49. The van der Waals surface area contributed by atoms with Crippen LogP contribution in [0.15, 0.2) is 48.5 Å². The molecule has 0 spiro atoms. The van der Waals surface area contributed by atoms with Crippen molar-refractivity contribution in [2.45, 2.75) is 45.5 Å². The van der Waals surface area contributed by atoms with Crippen LogP contribution >= 0.6 is 0 Å². The van der Waals surface area contributed by atoms with Gasteiger partial charge < -0.3 is 14.0 Å². The van der Waals surface area contributed by atoms with E-state index >= 15 is 0 Å². The number of anilines is 1. The zero-order valence-corrected chi connectivity index (χ0v) is 17.7. The number of ether oxygens (including phenoxy) is 1. The number of hydrogen-bond donors (Lipinski definition) is 1. The van der Waals surface area contributed by atoms with Gasteiger partial charge in [-0.3, -0.25) is 4.72 Å². The molecule has 1 aliphatic rings. The smallest absolute Gasteiger partial charge is 0.489 e. The van der Waals surface area contributed by atoms with Crippen LogP contribution in [0.3, 0.4) is 0 Å². The Morgan fingerprint density at radius 2 is 1.61 bits per heavy atom. The van der Waals surface area contributed by atoms with E-state index in [0.717, 1.165) is 11.8 Å². The minimum Gasteiger partial charge on any atom is -0.489 e. The molecule has 2 aromatic carbocycles. The third-order valence-corrected chi connectivity index (χ3v) is 5.66. The number of sulfonamides is 1. The van der Waals surface area contributed by atoms with Gasteiger partial charge in [-0.05, 0) is 51.5 Å². The van der Waals surface area contributed by atoms with E-state index in [9.17, 15) is 8.42 Å². The minimum atomic E-state index is -3.40. The summed E-state index contributed by atoms with van der Waals surface area (Å²) < 4.78 is 44.1. The predicted molar refractivity (Wildman–Crippen MR) is 111 cm³/mol. The zero-order chi connectivity index (χ0) is 20.6. The second-order valence-corrected chi connectivity index (χ2v) is 9.74. The summed E-state index contributed by atoms with van der Waals surface area (Å²) in [7, 11) is -4.07. The molecule has 0 aliphatic carbocycles. The summed E-state index contributed by atoms with van der Waals surface area (Å²) in [6.45, 7) is 8.25. The van der Waals surface area contributed by atoms with Gasteiger partial charge in [-0.1, -0.05) is 30.3 Å². The molecule has 6 nitrogen and oxygen atoms in total. The van der Waals surface area contributed by atoms with Gasteiger partial charge in [0.15, 0.2) is 0 Å². The van der Waals surface area contributed by atoms with Gasteiger partial charge in [0.25, 0.3) is 0 Å². The molecular weight excluding hydrogens is 377 g/mol. The van der Waals surface area contributed by atoms with Crippen LogP contribution in [0.4, 0.5) is 5.69 Å². The summed E-state index contributed by atoms with van der Waals surface area (Å²) in [5, 5.41) is 0. The molecule has 1 heterocycles. The SMILES string of the molecule is CC1(C)OB(c2cc(NS(C)(=O)=O)ccc2OCc2ccccc2)OC1(C)C. The van der Waals surface area contributed by atoms with Crippen LogP contribution in [0.25, 0.3) is 0 Å². The van der Waals surface area contributed by atoms with E-state index in [1.807, 2.05) is 58.0 Å². The van der Waals surface area contributed by atoms with Crippen molar-refractivity contribution in [1.29, 1.82) is 0 Å². The van der Waals surface area contributed by atoms with Crippen molar-refractivity contribution in [2.24, 2.45) is 0 Å². The molecule has 0 aromatic heterocycles. The molecule has 0 bridgehead atoms. The maximum atomic E-state index is 11.6. The lowest BCUT2D eigenvalue weighted by molar-refractivity contribution is 0.00578. The molecule has 150 valence electrons. The van der Waals surface area contributed by atoms with E-state index in [1.165, 1.54) is 0 Å². The van der Waals surface area contributed by atoms with Crippen molar-refractivity contribution < 1.29 is 22.5 Å². The standard InChI is InChI=1S/C20H26BNO5S/c1-19(2)20(3,4)27-21(26-19)17-13-16(22-28(5,23)24)11-12-18(17)25-14-15-9-7-6-8-10-15/h6-13,22H,14H2,1-5H3. The van der Waals surface area contributed by atoms with E-state index in [4.69, 9.17) is 14.0 Å². The number of nitrogens with one attached hydrogen (secondary N) is 1. The Balaban J connectivity index is 1.92. The molecule has 1 aliphatic heterocycles. The van der Waals surface area contributed by atoms with Gasteiger partial charge in [-0.15, -0.1) is 0 Å². The molecule has 3 rings (SSSR count). The van der Waals surface area contributed by atoms with E-state index in [-0.39, 0.29) is 0 Å². The maximum absolute atomic E-state index is 11.6. The quantitative estimate of drug-likeness (QED) is 0.751.